The van der Waals surface area contributed by atoms with E-state index in [1.54, 1.807) is 0 Å². The Morgan fingerprint density at radius 2 is 2.05 bits per heavy atom. The number of hydrogen-bond donors (Lipinski definition) is 3. The first-order chi connectivity index (χ1) is 9.62. The van der Waals surface area contributed by atoms with Gasteiger partial charge in [-0.1, -0.05) is 27.7 Å². The van der Waals surface area contributed by atoms with Crippen molar-refractivity contribution < 1.29 is 19.4 Å². The number of carboxylic acid groups (broad SMARTS) is 1. The number of aliphatic carboxylic acids is 1. The van der Waals surface area contributed by atoms with Crippen molar-refractivity contribution in [3.8, 4) is 0 Å². The number of nitrogens with two attached hydrogens (primary N) is 1. The van der Waals surface area contributed by atoms with Crippen LogP contribution in [0.1, 0.15) is 40.5 Å². The first kappa shape index (κ1) is 16.2. The number of carboxylic acids is 1. The molecule has 1 aliphatic heterocycles. The molecule has 4 N–H and O–H groups in total. The van der Waals surface area contributed by atoms with Crippen LogP contribution in [-0.2, 0) is 14.3 Å². The molecule has 1 heterocycles. The van der Waals surface area contributed by atoms with E-state index in [1.807, 2.05) is 27.7 Å². The highest BCUT2D eigenvalue weighted by Crippen LogP contribution is 2.58. The number of carbonyl (C=O) groups excluding carboxylic acids is 1. The minimum Gasteiger partial charge on any atom is -0.480 e. The fourth-order valence-corrected chi connectivity index (χ4v) is 3.82. The molecule has 0 aromatic heterocycles. The van der Waals surface area contributed by atoms with Gasteiger partial charge in [0.1, 0.15) is 11.6 Å². The van der Waals surface area contributed by atoms with Gasteiger partial charge < -0.3 is 20.9 Å². The van der Waals surface area contributed by atoms with Gasteiger partial charge in [0.2, 0.25) is 5.91 Å². The summed E-state index contributed by atoms with van der Waals surface area (Å²) >= 11 is 0. The molecular weight excluding hydrogens is 272 g/mol. The van der Waals surface area contributed by atoms with E-state index in [1.165, 1.54) is 0 Å². The van der Waals surface area contributed by atoms with Crippen molar-refractivity contribution in [2.24, 2.45) is 23.0 Å². The second kappa shape index (κ2) is 5.25. The van der Waals surface area contributed by atoms with E-state index in [-0.39, 0.29) is 23.8 Å². The summed E-state index contributed by atoms with van der Waals surface area (Å²) in [7, 11) is 0. The molecule has 2 fully saturated rings. The zero-order chi connectivity index (χ0) is 16.0. The Morgan fingerprint density at radius 3 is 2.57 bits per heavy atom. The van der Waals surface area contributed by atoms with E-state index in [0.717, 1.165) is 6.42 Å². The molecule has 1 amide bonds. The zero-order valence-electron chi connectivity index (χ0n) is 13.2. The van der Waals surface area contributed by atoms with Gasteiger partial charge in [0.15, 0.2) is 0 Å². The molecular formula is C15H26N2O4. The summed E-state index contributed by atoms with van der Waals surface area (Å²) < 4.78 is 5.65. The minimum atomic E-state index is -1.06. The number of rotatable bonds is 5. The van der Waals surface area contributed by atoms with Gasteiger partial charge in [-0.25, -0.2) is 4.79 Å². The zero-order valence-corrected chi connectivity index (χ0v) is 13.2. The third-order valence-electron chi connectivity index (χ3n) is 5.14. The average molecular weight is 298 g/mol. The van der Waals surface area contributed by atoms with E-state index in [2.05, 4.69) is 5.32 Å². The Hall–Kier alpha value is -1.14. The second-order valence-electron chi connectivity index (χ2n) is 7.27. The van der Waals surface area contributed by atoms with Crippen LogP contribution < -0.4 is 11.1 Å². The summed E-state index contributed by atoms with van der Waals surface area (Å²) in [5.41, 5.74) is 4.86. The van der Waals surface area contributed by atoms with Crippen molar-refractivity contribution in [3.05, 3.63) is 0 Å². The summed E-state index contributed by atoms with van der Waals surface area (Å²) in [5, 5.41) is 11.9. The average Bonchev–Trinajstić information content (AvgIpc) is 2.84. The molecule has 4 atom stereocenters. The molecule has 2 rings (SSSR count). The van der Waals surface area contributed by atoms with E-state index >= 15 is 0 Å². The fraction of sp³-hybridized carbons (Fsp3) is 0.867. The van der Waals surface area contributed by atoms with Crippen LogP contribution in [0, 0.1) is 17.3 Å². The lowest BCUT2D eigenvalue weighted by Gasteiger charge is -2.60. The second-order valence-corrected chi connectivity index (χ2v) is 7.27. The molecule has 0 aromatic rings. The van der Waals surface area contributed by atoms with Crippen molar-refractivity contribution in [1.82, 2.24) is 5.32 Å². The molecule has 3 unspecified atom stereocenters. The smallest absolute Gasteiger partial charge is 0.326 e. The van der Waals surface area contributed by atoms with Gasteiger partial charge in [0.25, 0.3) is 0 Å². The molecule has 0 aromatic carbocycles. The molecule has 1 saturated carbocycles. The number of amides is 1. The molecule has 21 heavy (non-hydrogen) atoms. The predicted molar refractivity (Wildman–Crippen MR) is 77.6 cm³/mol. The lowest BCUT2D eigenvalue weighted by molar-refractivity contribution is -0.177. The number of carbonyl (C=O) groups is 2. The van der Waals surface area contributed by atoms with E-state index in [4.69, 9.17) is 10.5 Å². The van der Waals surface area contributed by atoms with E-state index in [9.17, 15) is 14.7 Å². The Morgan fingerprint density at radius 1 is 1.43 bits per heavy atom. The minimum absolute atomic E-state index is 0.0124. The lowest BCUT2D eigenvalue weighted by atomic mass is 9.48. The molecule has 2 aliphatic rings. The Bertz CT molecular complexity index is 449. The van der Waals surface area contributed by atoms with E-state index in [0.29, 0.717) is 13.0 Å². The predicted octanol–water partition coefficient (Wildman–Crippen LogP) is 0.744. The summed E-state index contributed by atoms with van der Waals surface area (Å²) in [6.45, 7) is 8.29. The lowest BCUT2D eigenvalue weighted by Crippen LogP contribution is -2.80. The first-order valence-electron chi connectivity index (χ1n) is 7.56. The van der Waals surface area contributed by atoms with Crippen LogP contribution in [-0.4, -0.2) is 41.3 Å². The van der Waals surface area contributed by atoms with Gasteiger partial charge in [-0.3, -0.25) is 4.79 Å². The van der Waals surface area contributed by atoms with Crippen LogP contribution in [0.4, 0.5) is 0 Å². The maximum Gasteiger partial charge on any atom is 0.326 e. The fourth-order valence-electron chi connectivity index (χ4n) is 3.82. The van der Waals surface area contributed by atoms with Crippen molar-refractivity contribution in [2.75, 3.05) is 6.61 Å². The van der Waals surface area contributed by atoms with Gasteiger partial charge in [-0.15, -0.1) is 0 Å². The number of nitrogens with one attached hydrogen (secondary N) is 1. The topological polar surface area (TPSA) is 102 Å². The summed E-state index contributed by atoms with van der Waals surface area (Å²) in [6.07, 6.45) is 1.13. The van der Waals surface area contributed by atoms with Crippen molar-refractivity contribution in [2.45, 2.75) is 58.2 Å². The standard InChI is InChI=1S/C15H26N2O4/c1-8(2)7-10(12(18)19)17-13(20)15(16)9-5-6-21-11(9)14(15,3)4/h8-11H,5-7,16H2,1-4H3,(H,17,20)(H,18,19)/t9?,10-,11?,15?/m0/s1. The molecule has 6 heteroatoms. The molecule has 0 spiro atoms. The molecule has 6 nitrogen and oxygen atoms in total. The molecule has 1 saturated heterocycles. The molecule has 0 radical (unpaired) electrons. The van der Waals surface area contributed by atoms with Crippen LogP contribution >= 0.6 is 0 Å². The van der Waals surface area contributed by atoms with Gasteiger partial charge >= 0.3 is 5.97 Å². The molecule has 1 aliphatic carbocycles. The number of ether oxygens (including phenoxy) is 1. The van der Waals surface area contributed by atoms with Crippen LogP contribution in [0.25, 0.3) is 0 Å². The van der Waals surface area contributed by atoms with Gasteiger partial charge in [-0.05, 0) is 18.8 Å². The Labute approximate surface area is 125 Å². The summed E-state index contributed by atoms with van der Waals surface area (Å²) in [6, 6.07) is -0.893. The largest absolute Gasteiger partial charge is 0.480 e. The molecule has 0 bridgehead atoms. The van der Waals surface area contributed by atoms with Crippen LogP contribution in [0.5, 0.6) is 0 Å². The Kier molecular flexibility index (Phi) is 4.06. The molecule has 120 valence electrons. The van der Waals surface area contributed by atoms with Gasteiger partial charge in [0, 0.05) is 17.9 Å². The highest BCUT2D eigenvalue weighted by Gasteiger charge is 2.71. The third-order valence-corrected chi connectivity index (χ3v) is 5.14. The van der Waals surface area contributed by atoms with Crippen LogP contribution in [0.3, 0.4) is 0 Å². The third kappa shape index (κ3) is 2.34. The van der Waals surface area contributed by atoms with Crippen molar-refractivity contribution in [3.63, 3.8) is 0 Å². The first-order valence-corrected chi connectivity index (χ1v) is 7.56. The Balaban J connectivity index is 2.13. The van der Waals surface area contributed by atoms with Crippen LogP contribution in [0.15, 0.2) is 0 Å². The maximum atomic E-state index is 12.6. The van der Waals surface area contributed by atoms with Crippen molar-refractivity contribution >= 4 is 11.9 Å². The highest BCUT2D eigenvalue weighted by atomic mass is 16.5. The highest BCUT2D eigenvalue weighted by molar-refractivity contribution is 5.92. The normalized spacial score (nSPS) is 35.0. The number of hydrogen-bond acceptors (Lipinski definition) is 4. The number of fused-ring (bicyclic) bond motifs is 1. The van der Waals surface area contributed by atoms with Crippen molar-refractivity contribution in [1.29, 1.82) is 0 Å². The maximum absolute atomic E-state index is 12.6. The SMILES string of the molecule is CC(C)C[C@H](NC(=O)C1(N)C2CCOC2C1(C)C)C(=O)O. The van der Waals surface area contributed by atoms with Gasteiger partial charge in [-0.2, -0.15) is 0 Å². The summed E-state index contributed by atoms with van der Waals surface area (Å²) in [4.78, 5) is 24.0. The van der Waals surface area contributed by atoms with Crippen LogP contribution in [0.2, 0.25) is 0 Å². The van der Waals surface area contributed by atoms with E-state index < -0.39 is 23.0 Å². The van der Waals surface area contributed by atoms with Gasteiger partial charge in [0.05, 0.1) is 6.10 Å². The quantitative estimate of drug-likeness (QED) is 0.695. The summed E-state index contributed by atoms with van der Waals surface area (Å²) in [5.74, 6) is -1.23. The monoisotopic (exact) mass is 298 g/mol.